The molecule has 19 heavy (non-hydrogen) atoms. The molecule has 0 aliphatic heterocycles. The monoisotopic (exact) mass is 257 g/mol. The minimum Gasteiger partial charge on any atom is -0.381 e. The zero-order valence-electron chi connectivity index (χ0n) is 9.62. The summed E-state index contributed by atoms with van der Waals surface area (Å²) in [5, 5.41) is 12.6. The molecule has 2 N–H and O–H groups in total. The summed E-state index contributed by atoms with van der Waals surface area (Å²) in [6, 6.07) is 10.4. The first-order valence-corrected chi connectivity index (χ1v) is 5.19. The number of nitrogens with zero attached hydrogens (tertiary/aromatic N) is 4. The number of oxime groups is 1. The van der Waals surface area contributed by atoms with Crippen molar-refractivity contribution >= 4 is 11.5 Å². The molecule has 2 aromatic rings. The Morgan fingerprint density at radius 1 is 1.37 bits per heavy atom. The van der Waals surface area contributed by atoms with Crippen LogP contribution in [0.4, 0.5) is 10.2 Å². The SMILES string of the molecule is N#CC(=NOc1ncc(F)c(N)n1)c1ccccc1. The van der Waals surface area contributed by atoms with E-state index in [1.165, 1.54) is 0 Å². The van der Waals surface area contributed by atoms with Gasteiger partial charge in [-0.15, -0.1) is 0 Å². The lowest BCUT2D eigenvalue weighted by Gasteiger charge is -2.00. The van der Waals surface area contributed by atoms with E-state index in [1.807, 2.05) is 12.1 Å². The smallest absolute Gasteiger partial charge is 0.347 e. The van der Waals surface area contributed by atoms with Crippen LogP contribution < -0.4 is 10.6 Å². The van der Waals surface area contributed by atoms with E-state index in [2.05, 4.69) is 15.1 Å². The zero-order valence-corrected chi connectivity index (χ0v) is 9.62. The second-order valence-corrected chi connectivity index (χ2v) is 3.39. The molecule has 1 aromatic carbocycles. The fourth-order valence-electron chi connectivity index (χ4n) is 1.23. The molecule has 2 rings (SSSR count). The maximum atomic E-state index is 12.8. The van der Waals surface area contributed by atoms with Gasteiger partial charge in [0, 0.05) is 5.56 Å². The second-order valence-electron chi connectivity index (χ2n) is 3.39. The van der Waals surface area contributed by atoms with Crippen LogP contribution in [0.2, 0.25) is 0 Å². The summed E-state index contributed by atoms with van der Waals surface area (Å²) in [5.41, 5.74) is 5.88. The van der Waals surface area contributed by atoms with Gasteiger partial charge in [0.15, 0.2) is 17.3 Å². The normalized spacial score (nSPS) is 10.8. The van der Waals surface area contributed by atoms with Crippen LogP contribution in [0.1, 0.15) is 5.56 Å². The predicted octanol–water partition coefficient (Wildman–Crippen LogP) is 1.50. The lowest BCUT2D eigenvalue weighted by Crippen LogP contribution is -2.03. The molecule has 94 valence electrons. The van der Waals surface area contributed by atoms with Crippen molar-refractivity contribution in [3.63, 3.8) is 0 Å². The predicted molar refractivity (Wildman–Crippen MR) is 65.6 cm³/mol. The Morgan fingerprint density at radius 3 is 2.74 bits per heavy atom. The molecule has 0 unspecified atom stereocenters. The maximum Gasteiger partial charge on any atom is 0.347 e. The number of anilines is 1. The number of benzene rings is 1. The van der Waals surface area contributed by atoms with Gasteiger partial charge in [-0.3, -0.25) is 0 Å². The first-order chi connectivity index (χ1) is 9.20. The molecule has 0 amide bonds. The molecule has 0 aliphatic rings. The van der Waals surface area contributed by atoms with E-state index in [9.17, 15) is 4.39 Å². The van der Waals surface area contributed by atoms with E-state index in [4.69, 9.17) is 15.8 Å². The minimum absolute atomic E-state index is 0.0482. The average molecular weight is 257 g/mol. The van der Waals surface area contributed by atoms with Crippen molar-refractivity contribution in [3.8, 4) is 12.1 Å². The van der Waals surface area contributed by atoms with E-state index in [1.54, 1.807) is 24.3 Å². The van der Waals surface area contributed by atoms with Crippen LogP contribution in [0.15, 0.2) is 41.7 Å². The van der Waals surface area contributed by atoms with Gasteiger partial charge in [-0.2, -0.15) is 15.2 Å². The summed E-state index contributed by atoms with van der Waals surface area (Å²) in [6.45, 7) is 0. The summed E-state index contributed by atoms with van der Waals surface area (Å²) in [6.07, 6.45) is 0.863. The molecule has 0 fully saturated rings. The van der Waals surface area contributed by atoms with Gasteiger partial charge in [0.2, 0.25) is 0 Å². The zero-order chi connectivity index (χ0) is 13.7. The summed E-state index contributed by atoms with van der Waals surface area (Å²) < 4.78 is 12.8. The largest absolute Gasteiger partial charge is 0.381 e. The minimum atomic E-state index is -0.750. The quantitative estimate of drug-likeness (QED) is 0.663. The third kappa shape index (κ3) is 3.01. The molecule has 0 radical (unpaired) electrons. The Morgan fingerprint density at radius 2 is 2.11 bits per heavy atom. The van der Waals surface area contributed by atoms with Crippen molar-refractivity contribution in [3.05, 3.63) is 47.9 Å². The molecule has 6 nitrogen and oxygen atoms in total. The van der Waals surface area contributed by atoms with Gasteiger partial charge < -0.3 is 10.6 Å². The molecule has 7 heteroatoms. The first kappa shape index (κ1) is 12.4. The summed E-state index contributed by atoms with van der Waals surface area (Å²) in [4.78, 5) is 11.9. The summed E-state index contributed by atoms with van der Waals surface area (Å²) >= 11 is 0. The fourth-order valence-corrected chi connectivity index (χ4v) is 1.23. The molecule has 1 aromatic heterocycles. The average Bonchev–Trinajstić information content (AvgIpc) is 2.44. The fraction of sp³-hybridized carbons (Fsp3) is 0. The lowest BCUT2D eigenvalue weighted by atomic mass is 10.1. The van der Waals surface area contributed by atoms with Crippen molar-refractivity contribution in [1.82, 2.24) is 9.97 Å². The highest BCUT2D eigenvalue weighted by molar-refractivity contribution is 6.11. The molecular weight excluding hydrogens is 249 g/mol. The van der Waals surface area contributed by atoms with Crippen LogP contribution in [-0.2, 0) is 0 Å². The van der Waals surface area contributed by atoms with Crippen LogP contribution in [-0.4, -0.2) is 15.7 Å². The lowest BCUT2D eigenvalue weighted by molar-refractivity contribution is 0.312. The van der Waals surface area contributed by atoms with Gasteiger partial charge in [0.25, 0.3) is 0 Å². The van der Waals surface area contributed by atoms with E-state index >= 15 is 0 Å². The van der Waals surface area contributed by atoms with Gasteiger partial charge in [-0.1, -0.05) is 35.5 Å². The van der Waals surface area contributed by atoms with Crippen LogP contribution in [0.3, 0.4) is 0 Å². The van der Waals surface area contributed by atoms with E-state index in [0.29, 0.717) is 5.56 Å². The Balaban J connectivity index is 2.21. The Hall–Kier alpha value is -3.01. The van der Waals surface area contributed by atoms with Crippen molar-refractivity contribution in [2.75, 3.05) is 5.73 Å². The third-order valence-corrected chi connectivity index (χ3v) is 2.12. The number of hydrogen-bond acceptors (Lipinski definition) is 6. The van der Waals surface area contributed by atoms with Gasteiger partial charge in [-0.05, 0) is 0 Å². The third-order valence-electron chi connectivity index (χ3n) is 2.12. The molecule has 1 heterocycles. The highest BCUT2D eigenvalue weighted by atomic mass is 19.1. The standard InChI is InChI=1S/C12H8FN5O/c13-9-7-16-12(17-11(9)15)19-18-10(6-14)8-4-2-1-3-5-8/h1-5,7H,(H2,15,16,17). The van der Waals surface area contributed by atoms with E-state index in [-0.39, 0.29) is 17.5 Å². The van der Waals surface area contributed by atoms with Gasteiger partial charge in [0.1, 0.15) is 6.07 Å². The van der Waals surface area contributed by atoms with Crippen LogP contribution in [0.5, 0.6) is 6.01 Å². The van der Waals surface area contributed by atoms with Crippen molar-refractivity contribution in [2.24, 2.45) is 5.16 Å². The van der Waals surface area contributed by atoms with Crippen LogP contribution >= 0.6 is 0 Å². The molecule has 0 saturated heterocycles. The van der Waals surface area contributed by atoms with Crippen molar-refractivity contribution < 1.29 is 9.23 Å². The highest BCUT2D eigenvalue weighted by Crippen LogP contribution is 2.10. The van der Waals surface area contributed by atoms with Gasteiger partial charge >= 0.3 is 6.01 Å². The summed E-state index contributed by atoms with van der Waals surface area (Å²) in [5.74, 6) is -1.10. The van der Waals surface area contributed by atoms with Crippen molar-refractivity contribution in [2.45, 2.75) is 0 Å². The second kappa shape index (κ2) is 5.55. The number of halogens is 1. The number of nitrogens with two attached hydrogens (primary N) is 1. The number of rotatable bonds is 3. The summed E-state index contributed by atoms with van der Waals surface area (Å²) in [7, 11) is 0. The first-order valence-electron chi connectivity index (χ1n) is 5.19. The number of aromatic nitrogens is 2. The van der Waals surface area contributed by atoms with Crippen molar-refractivity contribution in [1.29, 1.82) is 5.26 Å². The topological polar surface area (TPSA) is 97.2 Å². The molecule has 0 spiro atoms. The Kier molecular flexibility index (Phi) is 3.64. The number of nitriles is 1. The van der Waals surface area contributed by atoms with E-state index < -0.39 is 5.82 Å². The number of hydrogen-bond donors (Lipinski definition) is 1. The van der Waals surface area contributed by atoms with Gasteiger partial charge in [-0.25, -0.2) is 4.39 Å². The maximum absolute atomic E-state index is 12.8. The molecule has 0 atom stereocenters. The Bertz CT molecular complexity index is 651. The molecular formula is C12H8FN5O. The highest BCUT2D eigenvalue weighted by Gasteiger charge is 2.06. The Labute approximate surface area is 108 Å². The molecule has 0 aliphatic carbocycles. The van der Waals surface area contributed by atoms with Crippen LogP contribution in [0.25, 0.3) is 0 Å². The molecule has 0 saturated carbocycles. The van der Waals surface area contributed by atoms with Crippen LogP contribution in [0, 0.1) is 17.1 Å². The molecule has 0 bridgehead atoms. The van der Waals surface area contributed by atoms with E-state index in [0.717, 1.165) is 6.20 Å². The number of nitrogen functional groups attached to an aromatic ring is 1. The van der Waals surface area contributed by atoms with Gasteiger partial charge in [0.05, 0.1) is 6.20 Å².